The number of carboxylic acid groups (broad SMARTS) is 3. The predicted molar refractivity (Wildman–Crippen MR) is 486 cm³/mol. The van der Waals surface area contributed by atoms with Crippen LogP contribution < -0.4 is 114 Å². The zero-order chi connectivity index (χ0) is 103. The van der Waals surface area contributed by atoms with E-state index in [9.17, 15) is 131 Å². The number of hydrogen-bond acceptors (Lipinski definition) is 28. The third-order valence-electron chi connectivity index (χ3n) is 21.6. The van der Waals surface area contributed by atoms with Crippen LogP contribution in [0, 0.1) is 0 Å². The molecule has 0 aliphatic carbocycles. The van der Waals surface area contributed by atoms with E-state index < -0.39 is 341 Å². The topological polar surface area (TPSA) is 852 Å². The van der Waals surface area contributed by atoms with Gasteiger partial charge in [-0.2, -0.15) is 0 Å². The van der Waals surface area contributed by atoms with Crippen LogP contribution in [0.1, 0.15) is 120 Å². The van der Waals surface area contributed by atoms with E-state index in [1.54, 1.807) is 48.5 Å². The minimum atomic E-state index is -2.32. The number of aromatic nitrogens is 1. The number of para-hydroxylation sites is 1. The second-order valence-electron chi connectivity index (χ2n) is 32.6. The molecule has 6 rings (SSSR count). The van der Waals surface area contributed by atoms with Gasteiger partial charge >= 0.3 is 17.9 Å². The molecule has 0 radical (unpaired) electrons. The van der Waals surface area contributed by atoms with Crippen molar-refractivity contribution in [3.8, 4) is 0 Å². The number of nitrogens with one attached hydrogen (secondary N) is 17. The van der Waals surface area contributed by atoms with Crippen molar-refractivity contribution < 1.29 is 141 Å². The van der Waals surface area contributed by atoms with E-state index in [4.69, 9.17) is 28.7 Å². The number of carboxylic acids is 3. The Kier molecular flexibility index (Phi) is 45.5. The van der Waals surface area contributed by atoms with Crippen molar-refractivity contribution in [2.24, 2.45) is 28.7 Å². The number of aliphatic hydroxyl groups excluding tert-OH is 2. The molecule has 3 heterocycles. The molecule has 52 nitrogen and oxygen atoms in total. The summed E-state index contributed by atoms with van der Waals surface area (Å²) in [5.41, 5.74) is 29.1. The Balaban J connectivity index is 1.45. The van der Waals surface area contributed by atoms with E-state index >= 15 is 9.59 Å². The van der Waals surface area contributed by atoms with Gasteiger partial charge in [0.1, 0.15) is 90.6 Å². The van der Waals surface area contributed by atoms with E-state index in [1.807, 2.05) is 5.32 Å². The maximum atomic E-state index is 15.2. The molecule has 4 aromatic rings. The molecule has 53 heteroatoms. The smallest absolute Gasteiger partial charge is 0.305 e. The number of fused-ring (bicyclic) bond motifs is 2. The van der Waals surface area contributed by atoms with Crippen LogP contribution in [0.5, 0.6) is 0 Å². The van der Waals surface area contributed by atoms with Gasteiger partial charge in [0.05, 0.1) is 50.8 Å². The van der Waals surface area contributed by atoms with E-state index in [-0.39, 0.29) is 44.3 Å². The zero-order valence-corrected chi connectivity index (χ0v) is 76.5. The number of H-pyrrole nitrogens is 1. The molecular weight excluding hydrogens is 1850 g/mol. The quantitative estimate of drug-likeness (QED) is 0.0193. The Morgan fingerprint density at radius 3 is 1.47 bits per heavy atom. The van der Waals surface area contributed by atoms with Crippen molar-refractivity contribution in [3.63, 3.8) is 0 Å². The van der Waals surface area contributed by atoms with Crippen molar-refractivity contribution in [1.82, 2.24) is 95.0 Å². The summed E-state index contributed by atoms with van der Waals surface area (Å²) >= 11 is 0.622. The van der Waals surface area contributed by atoms with Crippen LogP contribution in [0.25, 0.3) is 10.9 Å². The third-order valence-corrected chi connectivity index (χ3v) is 22.7. The first-order valence-electron chi connectivity index (χ1n) is 43.9. The molecule has 2 aliphatic rings. The Morgan fingerprint density at radius 2 is 0.935 bits per heavy atom. The number of rotatable bonds is 34. The number of thioether (sulfide) groups is 1. The van der Waals surface area contributed by atoms with Gasteiger partial charge in [-0.1, -0.05) is 78.9 Å². The lowest BCUT2D eigenvalue weighted by molar-refractivity contribution is -0.143. The number of aliphatic hydroxyl groups is 2. The van der Waals surface area contributed by atoms with Gasteiger partial charge < -0.3 is 149 Å². The SMILES string of the molecule is C[C@@H]1NC(=O)[C@H](CO)NC(=O)[C@H](CCC(N)=O)NC(=O)[C@H](CC(=O)O)NC(=O)[C@H](CCC(=O)O)NC(=O)[C@H](Cc2ccccc2)NC(=O)[C@H](CC(N)=O)NC(=O)[C@H](Cc2ccccc2)NC(=O)CSC[C@@H](C(=O)NCC(=O)NCC(=O)N[C@@H](CCCCN)C(N)=O)NC(=O)[C@@H]2CCCN2C(=O)[C@H](CCC(N)=O)NC(=O)[C@H](Cc2c[nH]c3ccccc23)NC(=O)[C@H]([C@@H](C)O)NC(=O)[C@H](CC(=O)O)NC1=O. The van der Waals surface area contributed by atoms with Gasteiger partial charge in [-0.3, -0.25) is 115 Å². The maximum absolute atomic E-state index is 15.2. The summed E-state index contributed by atoms with van der Waals surface area (Å²) < 4.78 is 0. The lowest BCUT2D eigenvalue weighted by Gasteiger charge is -2.31. The number of unbranched alkanes of at least 4 members (excludes halogenated alkanes) is 1. The van der Waals surface area contributed by atoms with Crippen LogP contribution in [-0.4, -0.2) is 318 Å². The number of primary amides is 4. The lowest BCUT2D eigenvalue weighted by Crippen LogP contribution is -2.62. The first-order chi connectivity index (χ1) is 65.8. The first kappa shape index (κ1) is 112. The number of nitrogens with zero attached hydrogens (tertiary/aromatic N) is 1. The second-order valence-corrected chi connectivity index (χ2v) is 33.7. The standard InChI is InChI=1S/C86H117N23O29S/c1-42-73(125)101-58(35-70(122)123)82(134)108-71(43(2)111)85(137)105-55(32-46-36-92-48-19-10-9-18-47(46)48)79(131)100-52(23-26-63(89)113)86(138)109-29-13-21-61(109)84(136)107-60(74(126)94-37-65(115)93-38-66(116)96-49(72(91)124)20-11-12-28-87)40-139-41-67(117)97-53(30-44-14-5-3-6-15-44)77(129)103-56(33-64(90)114)80(132)102-54(31-45-16-7-4-8-17-45)78(130)99-51(24-27-68(118)119)75(127)104-57(34-69(120)121)81(133)98-50(22-25-62(88)112)76(128)106-59(39-110)83(135)95-42/h3-10,14-19,36,42-43,49-61,71,92,110-111H,11-13,20-35,37-41,87H2,1-2H3,(H2,88,112)(H2,89,113)(H2,90,114)(H2,91,124)(H,93,115)(H,94,126)(H,95,135)(H,96,116)(H,97,117)(H,98,133)(H,99,130)(H,100,131)(H,101,125)(H,102,132)(H,103,129)(H,104,127)(H,105,137)(H,106,128)(H,107,136)(H,108,134)(H,118,119)(H,120,121)(H,122,123)/t42-,43+,49-,50-,51-,52-,53-,54-,55-,56-,57-,58-,59-,60-,61-,71-/m0/s1. The highest BCUT2D eigenvalue weighted by molar-refractivity contribution is 8.00. The number of hydrogen-bond donors (Lipinski definition) is 27. The number of carbonyl (C=O) groups excluding carboxylic acids is 21. The summed E-state index contributed by atoms with van der Waals surface area (Å²) in [6.45, 7) is -1.09. The van der Waals surface area contributed by atoms with Crippen LogP contribution in [0.15, 0.2) is 91.1 Å². The molecule has 139 heavy (non-hydrogen) atoms. The summed E-state index contributed by atoms with van der Waals surface area (Å²) in [4.78, 5) is 336. The highest BCUT2D eigenvalue weighted by Gasteiger charge is 2.43. The number of amides is 21. The average molecular weight is 1970 g/mol. The average Bonchev–Trinajstić information content (AvgIpc) is 1.69. The maximum Gasteiger partial charge on any atom is 0.305 e. The number of aliphatic carboxylic acids is 3. The Hall–Kier alpha value is -15.3. The van der Waals surface area contributed by atoms with Crippen LogP contribution in [0.4, 0.5) is 0 Å². The normalized spacial score (nSPS) is 23.3. The summed E-state index contributed by atoms with van der Waals surface area (Å²) in [6, 6.07) is -7.03. The highest BCUT2D eigenvalue weighted by atomic mass is 32.2. The molecule has 2 fully saturated rings. The van der Waals surface area contributed by atoms with E-state index in [0.29, 0.717) is 46.6 Å². The summed E-state index contributed by atoms with van der Waals surface area (Å²) in [6.07, 6.45) is -9.42. The monoisotopic (exact) mass is 1970 g/mol. The number of nitrogens with two attached hydrogens (primary N) is 5. The van der Waals surface area contributed by atoms with Crippen molar-refractivity contribution in [1.29, 1.82) is 0 Å². The highest BCUT2D eigenvalue weighted by Crippen LogP contribution is 2.24. The molecule has 756 valence electrons. The van der Waals surface area contributed by atoms with Gasteiger partial charge in [0.25, 0.3) is 0 Å². The molecular formula is C86H117N23O29S. The van der Waals surface area contributed by atoms with Crippen LogP contribution in [-0.2, 0) is 134 Å². The molecule has 32 N–H and O–H groups in total. The van der Waals surface area contributed by atoms with Crippen molar-refractivity contribution in [3.05, 3.63) is 108 Å². The van der Waals surface area contributed by atoms with Crippen molar-refractivity contribution in [2.45, 2.75) is 220 Å². The number of carbonyl (C=O) groups is 24. The fourth-order valence-corrected chi connectivity index (χ4v) is 15.2. The van der Waals surface area contributed by atoms with E-state index in [2.05, 4.69) is 84.7 Å². The zero-order valence-electron chi connectivity index (χ0n) is 75.6. The third kappa shape index (κ3) is 38.1. The van der Waals surface area contributed by atoms with Crippen molar-refractivity contribution >= 4 is 165 Å². The Labute approximate surface area is 797 Å². The molecule has 0 saturated carbocycles. The number of benzene rings is 3. The minimum Gasteiger partial charge on any atom is -0.481 e. The summed E-state index contributed by atoms with van der Waals surface area (Å²) in [5.74, 6) is -32.3. The fourth-order valence-electron chi connectivity index (χ4n) is 14.4. The molecule has 21 amide bonds. The van der Waals surface area contributed by atoms with E-state index in [1.165, 1.54) is 42.6 Å². The van der Waals surface area contributed by atoms with Gasteiger partial charge in [-0.05, 0) is 94.5 Å². The molecule has 2 aliphatic heterocycles. The lowest BCUT2D eigenvalue weighted by atomic mass is 10.0. The molecule has 16 atom stereocenters. The molecule has 1 aromatic heterocycles. The van der Waals surface area contributed by atoms with Gasteiger partial charge in [0.15, 0.2) is 0 Å². The molecule has 2 saturated heterocycles. The van der Waals surface area contributed by atoms with E-state index in [0.717, 1.165) is 18.7 Å². The molecule has 0 unspecified atom stereocenters. The minimum absolute atomic E-state index is 0.0434. The Morgan fingerprint density at radius 1 is 0.475 bits per heavy atom. The van der Waals surface area contributed by atoms with Crippen molar-refractivity contribution in [2.75, 3.05) is 44.3 Å². The van der Waals surface area contributed by atoms with Gasteiger partial charge in [0.2, 0.25) is 124 Å². The molecule has 0 bridgehead atoms. The molecule has 0 spiro atoms. The fraction of sp³-hybridized carbons (Fsp3) is 0.488. The van der Waals surface area contributed by atoms with Gasteiger partial charge in [-0.25, -0.2) is 0 Å². The largest absolute Gasteiger partial charge is 0.481 e. The Bertz CT molecular complexity index is 5130. The van der Waals surface area contributed by atoms with Crippen LogP contribution in [0.2, 0.25) is 0 Å². The van der Waals surface area contributed by atoms with Gasteiger partial charge in [0, 0.05) is 67.9 Å². The van der Waals surface area contributed by atoms with Crippen LogP contribution in [0.3, 0.4) is 0 Å². The second kappa shape index (κ2) is 56.3. The molecule has 3 aromatic carbocycles. The summed E-state index contributed by atoms with van der Waals surface area (Å²) in [7, 11) is 0. The number of aromatic amines is 1. The predicted octanol–water partition coefficient (Wildman–Crippen LogP) is -10.8. The first-order valence-corrected chi connectivity index (χ1v) is 45.1. The van der Waals surface area contributed by atoms with Gasteiger partial charge in [-0.15, -0.1) is 11.8 Å². The summed E-state index contributed by atoms with van der Waals surface area (Å²) in [5, 5.41) is 88.6. The van der Waals surface area contributed by atoms with Crippen LogP contribution >= 0.6 is 11.8 Å².